The molecular formula is C25H24BrClF2N6O. The van der Waals surface area contributed by atoms with Crippen LogP contribution in [0.3, 0.4) is 0 Å². The number of rotatable bonds is 7. The van der Waals surface area contributed by atoms with E-state index in [-0.39, 0.29) is 18.7 Å². The van der Waals surface area contributed by atoms with Crippen molar-refractivity contribution >= 4 is 44.3 Å². The minimum atomic E-state index is -3.57. The molecule has 4 aromatic rings. The minimum Gasteiger partial charge on any atom is -0.497 e. The van der Waals surface area contributed by atoms with Crippen LogP contribution in [0.5, 0.6) is 5.75 Å². The number of ether oxygens (including phenoxy) is 1. The Morgan fingerprint density at radius 1 is 1.19 bits per heavy atom. The highest BCUT2D eigenvalue weighted by atomic mass is 79.9. The predicted octanol–water partition coefficient (Wildman–Crippen LogP) is 5.56. The van der Waals surface area contributed by atoms with E-state index in [4.69, 9.17) is 28.0 Å². The number of nitrogens with zero attached hydrogens (tertiary/aromatic N) is 4. The Balaban J connectivity index is 1.67. The highest BCUT2D eigenvalue weighted by Gasteiger charge is 2.42. The highest BCUT2D eigenvalue weighted by Crippen LogP contribution is 2.34. The molecule has 4 N–H and O–H groups in total. The summed E-state index contributed by atoms with van der Waals surface area (Å²) in [6, 6.07) is 16.7. The van der Waals surface area contributed by atoms with E-state index in [1.54, 1.807) is 48.2 Å². The van der Waals surface area contributed by atoms with Crippen LogP contribution in [0.15, 0.2) is 70.2 Å². The van der Waals surface area contributed by atoms with E-state index >= 15 is 8.78 Å². The van der Waals surface area contributed by atoms with Gasteiger partial charge in [-0.05, 0) is 42.8 Å². The van der Waals surface area contributed by atoms with Gasteiger partial charge in [0.1, 0.15) is 5.75 Å². The number of aryl methyl sites for hydroxylation is 1. The Hall–Kier alpha value is -3.21. The fourth-order valence-corrected chi connectivity index (χ4v) is 4.80. The van der Waals surface area contributed by atoms with Crippen molar-refractivity contribution in [2.75, 3.05) is 7.11 Å². The van der Waals surface area contributed by atoms with Crippen molar-refractivity contribution in [3.05, 3.63) is 92.5 Å². The summed E-state index contributed by atoms with van der Waals surface area (Å²) in [6.45, 7) is 2.08. The number of hydrazone groups is 1. The molecule has 3 aromatic carbocycles. The average Bonchev–Trinajstić information content (AvgIpc) is 3.17. The highest BCUT2D eigenvalue weighted by molar-refractivity contribution is 9.10. The van der Waals surface area contributed by atoms with E-state index in [0.29, 0.717) is 27.5 Å². The molecule has 0 saturated carbocycles. The van der Waals surface area contributed by atoms with E-state index in [1.165, 1.54) is 12.1 Å². The van der Waals surface area contributed by atoms with Crippen LogP contribution in [-0.2, 0) is 19.0 Å². The van der Waals surface area contributed by atoms with Crippen LogP contribution < -0.4 is 16.4 Å². The number of alkyl halides is 2. The molecule has 0 aliphatic heterocycles. The Bertz CT molecular complexity index is 1400. The van der Waals surface area contributed by atoms with Crippen LogP contribution in [0, 0.1) is 6.92 Å². The number of halogens is 4. The van der Waals surface area contributed by atoms with Crippen molar-refractivity contribution in [3.8, 4) is 5.75 Å². The second kappa shape index (κ2) is 10.4. The molecule has 4 rings (SSSR count). The molecule has 7 nitrogen and oxygen atoms in total. The van der Waals surface area contributed by atoms with Gasteiger partial charge in [-0.25, -0.2) is 5.84 Å². The van der Waals surface area contributed by atoms with Crippen molar-refractivity contribution < 1.29 is 13.5 Å². The number of hydrogen-bond donors (Lipinski definition) is 2. The Labute approximate surface area is 220 Å². The van der Waals surface area contributed by atoms with E-state index in [9.17, 15) is 0 Å². The molecule has 1 heterocycles. The van der Waals surface area contributed by atoms with Gasteiger partial charge in [0, 0.05) is 26.0 Å². The van der Waals surface area contributed by atoms with Gasteiger partial charge in [-0.1, -0.05) is 57.9 Å². The molecule has 0 aliphatic carbocycles. The van der Waals surface area contributed by atoms with Crippen LogP contribution in [0.2, 0.25) is 5.02 Å². The van der Waals surface area contributed by atoms with Gasteiger partial charge in [0.15, 0.2) is 0 Å². The molecule has 0 unspecified atom stereocenters. The normalized spacial score (nSPS) is 12.2. The smallest absolute Gasteiger partial charge is 0.332 e. The summed E-state index contributed by atoms with van der Waals surface area (Å²) in [4.78, 5) is 0. The summed E-state index contributed by atoms with van der Waals surface area (Å²) < 4.78 is 39.0. The maximum absolute atomic E-state index is 15.7. The molecule has 0 radical (unpaired) electrons. The Morgan fingerprint density at radius 2 is 1.92 bits per heavy atom. The lowest BCUT2D eigenvalue weighted by Gasteiger charge is -2.26. The zero-order valence-corrected chi connectivity index (χ0v) is 21.9. The Morgan fingerprint density at radius 3 is 2.56 bits per heavy atom. The van der Waals surface area contributed by atoms with Crippen LogP contribution in [-0.4, -0.2) is 27.7 Å². The number of fused-ring (bicyclic) bond motifs is 1. The molecule has 36 heavy (non-hydrogen) atoms. The van der Waals surface area contributed by atoms with E-state index in [0.717, 1.165) is 20.4 Å². The topological polar surface area (TPSA) is 94.7 Å². The molecule has 0 bridgehead atoms. The first-order chi connectivity index (χ1) is 17.1. The lowest BCUT2D eigenvalue weighted by molar-refractivity contribution is 0.0584. The van der Waals surface area contributed by atoms with E-state index in [2.05, 4.69) is 26.1 Å². The van der Waals surface area contributed by atoms with Crippen LogP contribution in [0.25, 0.3) is 10.9 Å². The van der Waals surface area contributed by atoms with Crippen molar-refractivity contribution in [2.24, 2.45) is 16.8 Å². The number of benzene rings is 3. The van der Waals surface area contributed by atoms with Gasteiger partial charge in [0.2, 0.25) is 5.84 Å². The van der Waals surface area contributed by atoms with Crippen molar-refractivity contribution in [2.45, 2.75) is 25.9 Å². The van der Waals surface area contributed by atoms with Crippen LogP contribution >= 0.6 is 27.5 Å². The molecule has 0 atom stereocenters. The van der Waals surface area contributed by atoms with Gasteiger partial charge >= 0.3 is 5.92 Å². The van der Waals surface area contributed by atoms with E-state index in [1.807, 2.05) is 19.1 Å². The predicted molar refractivity (Wildman–Crippen MR) is 141 cm³/mol. The first-order valence-corrected chi connectivity index (χ1v) is 12.0. The average molecular weight is 578 g/mol. The summed E-state index contributed by atoms with van der Waals surface area (Å²) in [7, 11) is 1.54. The van der Waals surface area contributed by atoms with Crippen molar-refractivity contribution in [3.63, 3.8) is 0 Å². The molecule has 0 amide bonds. The fraction of sp³-hybridized carbons (Fsp3) is 0.200. The molecule has 0 aliphatic rings. The molecule has 0 fully saturated rings. The van der Waals surface area contributed by atoms with Gasteiger partial charge in [-0.2, -0.15) is 19.0 Å². The van der Waals surface area contributed by atoms with Crippen molar-refractivity contribution in [1.82, 2.24) is 14.8 Å². The number of amidine groups is 1. The summed E-state index contributed by atoms with van der Waals surface area (Å²) in [6.07, 6.45) is 0. The third kappa shape index (κ3) is 5.02. The number of nitrogens with two attached hydrogens (primary N) is 2. The maximum Gasteiger partial charge on any atom is 0.332 e. The summed E-state index contributed by atoms with van der Waals surface area (Å²) in [5.74, 6) is 7.72. The Kier molecular flexibility index (Phi) is 7.49. The van der Waals surface area contributed by atoms with Crippen LogP contribution in [0.1, 0.15) is 22.4 Å². The number of methoxy groups -OCH3 is 1. The lowest BCUT2D eigenvalue weighted by Crippen LogP contribution is -2.46. The quantitative estimate of drug-likeness (QED) is 0.130. The van der Waals surface area contributed by atoms with Gasteiger partial charge in [0.05, 0.1) is 31.4 Å². The standard InChI is InChI=1S/C25H24BrClF2N6O/c1-15-19-11-8-17(12-23(19)35(33-15)14-20-21(26)4-3-5-22(20)27)25(28,29)24(32-30)34(31)13-16-6-9-18(36-2)10-7-16/h3-12H,13-14,30-31H2,1-2H3/b32-24-. The maximum atomic E-state index is 15.7. The molecular weight excluding hydrogens is 554 g/mol. The molecule has 0 saturated heterocycles. The lowest BCUT2D eigenvalue weighted by atomic mass is 10.0. The molecule has 188 valence electrons. The van der Waals surface area contributed by atoms with Crippen LogP contribution in [0.4, 0.5) is 8.78 Å². The minimum absolute atomic E-state index is 0.0323. The molecule has 0 spiro atoms. The van der Waals surface area contributed by atoms with Gasteiger partial charge in [-0.15, -0.1) is 0 Å². The molecule has 1 aromatic heterocycles. The summed E-state index contributed by atoms with van der Waals surface area (Å²) in [5.41, 5.74) is 2.38. The SMILES string of the molecule is COc1ccc(CN(N)/C(=N\N)C(F)(F)c2ccc3c(C)nn(Cc4c(Cl)cccc4Br)c3c2)cc1. The second-order valence-electron chi connectivity index (χ2n) is 8.18. The van der Waals surface area contributed by atoms with E-state index < -0.39 is 11.8 Å². The zero-order valence-electron chi connectivity index (χ0n) is 19.6. The second-order valence-corrected chi connectivity index (χ2v) is 9.44. The fourth-order valence-electron chi connectivity index (χ4n) is 3.96. The number of aromatic nitrogens is 2. The zero-order chi connectivity index (χ0) is 26.0. The third-order valence-electron chi connectivity index (χ3n) is 5.86. The molecule has 11 heteroatoms. The number of hydrogen-bond acceptors (Lipinski definition) is 5. The van der Waals surface area contributed by atoms with Gasteiger partial charge in [0.25, 0.3) is 0 Å². The first kappa shape index (κ1) is 25.9. The van der Waals surface area contributed by atoms with Crippen molar-refractivity contribution in [1.29, 1.82) is 0 Å². The monoisotopic (exact) mass is 576 g/mol. The third-order valence-corrected chi connectivity index (χ3v) is 6.95. The summed E-state index contributed by atoms with van der Waals surface area (Å²) in [5, 5.41) is 10.0. The van der Waals surface area contributed by atoms with Gasteiger partial charge in [-0.3, -0.25) is 9.69 Å². The van der Waals surface area contributed by atoms with Gasteiger partial charge < -0.3 is 10.6 Å². The number of hydrazine groups is 1. The largest absolute Gasteiger partial charge is 0.497 e. The summed E-state index contributed by atoms with van der Waals surface area (Å²) >= 11 is 9.87. The first-order valence-electron chi connectivity index (χ1n) is 10.9.